The van der Waals surface area contributed by atoms with Crippen LogP contribution in [-0.4, -0.2) is 19.7 Å². The van der Waals surface area contributed by atoms with Crippen molar-refractivity contribution in [3.8, 4) is 5.75 Å². The van der Waals surface area contributed by atoms with E-state index in [4.69, 9.17) is 10.5 Å². The summed E-state index contributed by atoms with van der Waals surface area (Å²) in [5.41, 5.74) is 8.09. The van der Waals surface area contributed by atoms with Gasteiger partial charge in [0.2, 0.25) is 0 Å². The maximum atomic E-state index is 6.06. The van der Waals surface area contributed by atoms with Crippen molar-refractivity contribution in [3.05, 3.63) is 18.2 Å². The number of nitrogens with zero attached hydrogens (tertiary/aromatic N) is 1. The molecule has 1 aromatic carbocycles. The summed E-state index contributed by atoms with van der Waals surface area (Å²) in [5, 5.41) is 0. The van der Waals surface area contributed by atoms with E-state index in [1.54, 1.807) is 7.11 Å². The monoisotopic (exact) mass is 218 g/mol. The zero-order valence-electron chi connectivity index (χ0n) is 9.65. The molecule has 0 spiro atoms. The van der Waals surface area contributed by atoms with Gasteiger partial charge in [0.1, 0.15) is 5.75 Å². The number of rotatable bonds is 2. The number of nitrogen functional groups attached to an aromatic ring is 1. The van der Waals surface area contributed by atoms with Gasteiger partial charge in [-0.05, 0) is 37.3 Å². The van der Waals surface area contributed by atoms with E-state index < -0.39 is 0 Å². The second-order valence-corrected chi connectivity index (χ2v) is 4.91. The minimum Gasteiger partial charge on any atom is -0.497 e. The van der Waals surface area contributed by atoms with E-state index in [1.807, 2.05) is 12.1 Å². The van der Waals surface area contributed by atoms with Crippen molar-refractivity contribution in [1.29, 1.82) is 0 Å². The molecule has 1 aliphatic carbocycles. The van der Waals surface area contributed by atoms with Crippen molar-refractivity contribution in [1.82, 2.24) is 0 Å². The molecule has 1 saturated carbocycles. The van der Waals surface area contributed by atoms with E-state index in [0.717, 1.165) is 23.0 Å². The predicted molar refractivity (Wildman–Crippen MR) is 65.9 cm³/mol. The summed E-state index contributed by atoms with van der Waals surface area (Å²) in [6.45, 7) is 1.17. The summed E-state index contributed by atoms with van der Waals surface area (Å²) in [5.74, 6) is 1.78. The van der Waals surface area contributed by atoms with Crippen molar-refractivity contribution >= 4 is 11.4 Å². The third-order valence-corrected chi connectivity index (χ3v) is 3.96. The molecule has 2 bridgehead atoms. The third kappa shape index (κ3) is 1.42. The van der Waals surface area contributed by atoms with E-state index in [2.05, 4.69) is 11.0 Å². The van der Waals surface area contributed by atoms with Crippen LogP contribution in [0.5, 0.6) is 5.75 Å². The van der Waals surface area contributed by atoms with Crippen LogP contribution in [0.2, 0.25) is 0 Å². The van der Waals surface area contributed by atoms with Gasteiger partial charge in [0.05, 0.1) is 18.5 Å². The third-order valence-electron chi connectivity index (χ3n) is 3.96. The zero-order valence-corrected chi connectivity index (χ0v) is 9.65. The van der Waals surface area contributed by atoms with Crippen LogP contribution < -0.4 is 15.4 Å². The Morgan fingerprint density at radius 3 is 2.88 bits per heavy atom. The quantitative estimate of drug-likeness (QED) is 0.774. The summed E-state index contributed by atoms with van der Waals surface area (Å²) < 4.78 is 5.27. The van der Waals surface area contributed by atoms with E-state index in [-0.39, 0.29) is 0 Å². The molecule has 1 aromatic rings. The molecule has 2 aliphatic rings. The number of ether oxygens (including phenoxy) is 1. The Hall–Kier alpha value is -1.38. The number of hydrogen-bond donors (Lipinski definition) is 1. The average Bonchev–Trinajstić information content (AvgIpc) is 2.91. The molecule has 2 atom stereocenters. The standard InChI is InChI=1S/C13H18N2O/c1-16-11-4-5-12(14)13(7-11)15-8-9-2-3-10(15)6-9/h4-5,7,9-10H,2-3,6,8,14H2,1H3. The molecule has 16 heavy (non-hydrogen) atoms. The van der Waals surface area contributed by atoms with Crippen molar-refractivity contribution < 1.29 is 4.74 Å². The topological polar surface area (TPSA) is 38.5 Å². The van der Waals surface area contributed by atoms with Gasteiger partial charge < -0.3 is 15.4 Å². The number of benzene rings is 1. The predicted octanol–water partition coefficient (Wildman–Crippen LogP) is 2.27. The van der Waals surface area contributed by atoms with Crippen LogP contribution in [0.25, 0.3) is 0 Å². The molecule has 3 rings (SSSR count). The highest BCUT2D eigenvalue weighted by Gasteiger charge is 2.38. The Kier molecular flexibility index (Phi) is 2.20. The van der Waals surface area contributed by atoms with Gasteiger partial charge in [-0.1, -0.05) is 0 Å². The number of anilines is 2. The van der Waals surface area contributed by atoms with Crippen LogP contribution in [0.15, 0.2) is 18.2 Å². The first-order chi connectivity index (χ1) is 7.78. The molecular formula is C13H18N2O. The van der Waals surface area contributed by atoms with Crippen molar-refractivity contribution in [2.45, 2.75) is 25.3 Å². The van der Waals surface area contributed by atoms with Crippen LogP contribution in [0.4, 0.5) is 11.4 Å². The van der Waals surface area contributed by atoms with Crippen LogP contribution in [0.3, 0.4) is 0 Å². The number of piperidine rings is 1. The molecule has 2 fully saturated rings. The molecule has 1 saturated heterocycles. The molecule has 3 nitrogen and oxygen atoms in total. The molecule has 1 aliphatic heterocycles. The first-order valence-electron chi connectivity index (χ1n) is 5.98. The molecular weight excluding hydrogens is 200 g/mol. The molecule has 0 aromatic heterocycles. The van der Waals surface area contributed by atoms with Gasteiger partial charge in [0, 0.05) is 18.7 Å². The fourth-order valence-electron chi connectivity index (χ4n) is 3.12. The van der Waals surface area contributed by atoms with Crippen molar-refractivity contribution in [2.75, 3.05) is 24.3 Å². The number of hydrogen-bond acceptors (Lipinski definition) is 3. The lowest BCUT2D eigenvalue weighted by molar-refractivity contribution is 0.414. The SMILES string of the molecule is COc1ccc(N)c(N2CC3CCC2C3)c1. The maximum Gasteiger partial charge on any atom is 0.121 e. The van der Waals surface area contributed by atoms with Gasteiger partial charge in [-0.2, -0.15) is 0 Å². The fourth-order valence-corrected chi connectivity index (χ4v) is 3.12. The lowest BCUT2D eigenvalue weighted by atomic mass is 10.1. The molecule has 86 valence electrons. The normalized spacial score (nSPS) is 27.4. The van der Waals surface area contributed by atoms with Crippen LogP contribution >= 0.6 is 0 Å². The largest absolute Gasteiger partial charge is 0.497 e. The second-order valence-electron chi connectivity index (χ2n) is 4.91. The molecule has 2 unspecified atom stereocenters. The highest BCUT2D eigenvalue weighted by atomic mass is 16.5. The summed E-state index contributed by atoms with van der Waals surface area (Å²) in [6.07, 6.45) is 4.06. The van der Waals surface area contributed by atoms with Crippen LogP contribution in [0, 0.1) is 5.92 Å². The summed E-state index contributed by atoms with van der Waals surface area (Å²) in [7, 11) is 1.70. The Balaban J connectivity index is 1.93. The van der Waals surface area contributed by atoms with Crippen molar-refractivity contribution in [3.63, 3.8) is 0 Å². The number of nitrogens with two attached hydrogens (primary N) is 1. The Labute approximate surface area is 96.2 Å². The molecule has 0 amide bonds. The highest BCUT2D eigenvalue weighted by Crippen LogP contribution is 2.42. The van der Waals surface area contributed by atoms with Gasteiger partial charge in [0.25, 0.3) is 0 Å². The minimum atomic E-state index is 0.708. The van der Waals surface area contributed by atoms with Gasteiger partial charge in [-0.3, -0.25) is 0 Å². The van der Waals surface area contributed by atoms with Gasteiger partial charge >= 0.3 is 0 Å². The highest BCUT2D eigenvalue weighted by molar-refractivity contribution is 5.70. The fraction of sp³-hybridized carbons (Fsp3) is 0.538. The minimum absolute atomic E-state index is 0.708. The first kappa shape index (κ1) is 9.82. The van der Waals surface area contributed by atoms with Gasteiger partial charge in [0.15, 0.2) is 0 Å². The maximum absolute atomic E-state index is 6.06. The first-order valence-corrected chi connectivity index (χ1v) is 5.98. The Morgan fingerprint density at radius 1 is 1.38 bits per heavy atom. The van der Waals surface area contributed by atoms with Crippen molar-refractivity contribution in [2.24, 2.45) is 5.92 Å². The van der Waals surface area contributed by atoms with Crippen LogP contribution in [-0.2, 0) is 0 Å². The van der Waals surface area contributed by atoms with Gasteiger partial charge in [-0.25, -0.2) is 0 Å². The zero-order chi connectivity index (χ0) is 11.1. The van der Waals surface area contributed by atoms with Gasteiger partial charge in [-0.15, -0.1) is 0 Å². The average molecular weight is 218 g/mol. The van der Waals surface area contributed by atoms with Crippen LogP contribution in [0.1, 0.15) is 19.3 Å². The van der Waals surface area contributed by atoms with E-state index in [9.17, 15) is 0 Å². The Morgan fingerprint density at radius 2 is 2.25 bits per heavy atom. The lowest BCUT2D eigenvalue weighted by Gasteiger charge is -2.30. The van der Waals surface area contributed by atoms with E-state index >= 15 is 0 Å². The van der Waals surface area contributed by atoms with E-state index in [1.165, 1.54) is 25.8 Å². The summed E-state index contributed by atoms with van der Waals surface area (Å²) in [4.78, 5) is 2.46. The number of methoxy groups -OCH3 is 1. The smallest absolute Gasteiger partial charge is 0.121 e. The second kappa shape index (κ2) is 3.58. The Bertz CT molecular complexity index is 405. The molecule has 0 radical (unpaired) electrons. The molecule has 1 heterocycles. The van der Waals surface area contributed by atoms with E-state index in [0.29, 0.717) is 6.04 Å². The number of fused-ring (bicyclic) bond motifs is 2. The molecule has 3 heteroatoms. The molecule has 2 N–H and O–H groups in total. The lowest BCUT2D eigenvalue weighted by Crippen LogP contribution is -2.32. The summed E-state index contributed by atoms with van der Waals surface area (Å²) >= 11 is 0. The summed E-state index contributed by atoms with van der Waals surface area (Å²) in [6, 6.07) is 6.64.